The lowest BCUT2D eigenvalue weighted by Gasteiger charge is -2.28. The number of nitrogens with one attached hydrogen (secondary N) is 2. The Hall–Kier alpha value is -3.37. The maximum Gasteiger partial charge on any atom is 0.328 e. The molecule has 0 aromatic heterocycles. The Morgan fingerprint density at radius 1 is 0.919 bits per heavy atom. The van der Waals surface area contributed by atoms with Crippen LogP contribution in [0, 0.1) is 0 Å². The van der Waals surface area contributed by atoms with E-state index < -0.39 is 41.2 Å². The first-order valence-electron chi connectivity index (χ1n) is 11.9. The fourth-order valence-electron chi connectivity index (χ4n) is 3.68. The Balaban J connectivity index is 2.23. The summed E-state index contributed by atoms with van der Waals surface area (Å²) in [4.78, 5) is 50.9. The van der Waals surface area contributed by atoms with Crippen molar-refractivity contribution in [3.63, 3.8) is 0 Å². The molecule has 2 aromatic carbocycles. The maximum absolute atomic E-state index is 13.3. The van der Waals surface area contributed by atoms with E-state index in [4.69, 9.17) is 9.47 Å². The van der Waals surface area contributed by atoms with Gasteiger partial charge in [0, 0.05) is 20.0 Å². The van der Waals surface area contributed by atoms with Gasteiger partial charge in [0.05, 0.1) is 18.5 Å². The van der Waals surface area contributed by atoms with Crippen molar-refractivity contribution in [2.45, 2.75) is 57.1 Å². The van der Waals surface area contributed by atoms with Crippen molar-refractivity contribution in [3.05, 3.63) is 65.7 Å². The predicted molar refractivity (Wildman–Crippen MR) is 141 cm³/mol. The third kappa shape index (κ3) is 9.89. The number of carbonyl (C=O) groups is 4. The number of phenols is 1. The van der Waals surface area contributed by atoms with Crippen LogP contribution in [0.1, 0.15) is 31.9 Å². The lowest BCUT2D eigenvalue weighted by molar-refractivity contribution is -0.146. The fraction of sp³-hybridized carbons (Fsp3) is 0.407. The number of phenolic OH excluding ortho intramolecular Hbond substituents is 1. The number of rotatable bonds is 13. The summed E-state index contributed by atoms with van der Waals surface area (Å²) in [6.45, 7) is 5.09. The summed E-state index contributed by atoms with van der Waals surface area (Å²) in [5.74, 6) is -1.72. The molecule has 0 spiro atoms. The third-order valence-electron chi connectivity index (χ3n) is 5.52. The smallest absolute Gasteiger partial charge is 0.328 e. The van der Waals surface area contributed by atoms with Crippen LogP contribution in [0.4, 0.5) is 0 Å². The summed E-state index contributed by atoms with van der Waals surface area (Å²) < 4.78 is 10.5. The topological polar surface area (TPSA) is 131 Å². The van der Waals surface area contributed by atoms with Crippen LogP contribution < -0.4 is 10.6 Å². The summed E-state index contributed by atoms with van der Waals surface area (Å²) in [6.07, 6.45) is -0.320. The zero-order chi connectivity index (χ0) is 27.4. The van der Waals surface area contributed by atoms with Gasteiger partial charge in [0.25, 0.3) is 0 Å². The molecule has 0 aliphatic heterocycles. The molecule has 0 saturated carbocycles. The molecule has 2 rings (SSSR count). The van der Waals surface area contributed by atoms with E-state index in [2.05, 4.69) is 10.6 Å². The standard InChI is InChI=1S/C27H34N2O7S/c1-5-36-17(2)24(29-25(32)23(37-18(3)30)16-19-9-7-6-8-10-19)26(33)28-22(27(34)35-4)15-20-11-13-21(31)14-12-20/h6-14,17,22-24,31H,5,15-16H2,1-4H3,(H,28,33)(H,29,32)/t17-,22+,23+,24+/m1/s1. The van der Waals surface area contributed by atoms with Crippen LogP contribution >= 0.6 is 11.8 Å². The van der Waals surface area contributed by atoms with E-state index in [-0.39, 0.29) is 17.3 Å². The van der Waals surface area contributed by atoms with E-state index >= 15 is 0 Å². The number of ether oxygens (including phenoxy) is 2. The predicted octanol–water partition coefficient (Wildman–Crippen LogP) is 2.39. The molecule has 0 radical (unpaired) electrons. The van der Waals surface area contributed by atoms with Crippen LogP contribution in [0.3, 0.4) is 0 Å². The molecule has 9 nitrogen and oxygen atoms in total. The first kappa shape index (κ1) is 29.9. The Morgan fingerprint density at radius 3 is 2.11 bits per heavy atom. The molecule has 3 N–H and O–H groups in total. The van der Waals surface area contributed by atoms with Crippen molar-refractivity contribution in [3.8, 4) is 5.75 Å². The van der Waals surface area contributed by atoms with Gasteiger partial charge in [-0.25, -0.2) is 4.79 Å². The molecule has 0 saturated heterocycles. The summed E-state index contributed by atoms with van der Waals surface area (Å²) in [6, 6.07) is 13.3. The number of amides is 2. The minimum absolute atomic E-state index is 0.0733. The monoisotopic (exact) mass is 530 g/mol. The van der Waals surface area contributed by atoms with E-state index in [0.717, 1.165) is 17.3 Å². The molecular formula is C27H34N2O7S. The normalized spacial score (nSPS) is 14.1. The minimum atomic E-state index is -1.13. The molecule has 2 amide bonds. The second kappa shape index (κ2) is 15.0. The van der Waals surface area contributed by atoms with Crippen LogP contribution in [0.2, 0.25) is 0 Å². The maximum atomic E-state index is 13.3. The molecule has 4 atom stereocenters. The van der Waals surface area contributed by atoms with Gasteiger partial charge in [-0.1, -0.05) is 54.2 Å². The first-order chi connectivity index (χ1) is 17.6. The molecule has 200 valence electrons. The van der Waals surface area contributed by atoms with Crippen molar-refractivity contribution < 1.29 is 33.8 Å². The summed E-state index contributed by atoms with van der Waals surface area (Å²) in [5, 5.41) is 13.9. The number of benzene rings is 2. The van der Waals surface area contributed by atoms with Gasteiger partial charge in [0.1, 0.15) is 17.8 Å². The highest BCUT2D eigenvalue weighted by Gasteiger charge is 2.34. The second-order valence-electron chi connectivity index (χ2n) is 8.39. The van der Waals surface area contributed by atoms with E-state index in [1.54, 1.807) is 26.0 Å². The van der Waals surface area contributed by atoms with Crippen LogP contribution in [0.5, 0.6) is 5.75 Å². The average Bonchev–Trinajstić information content (AvgIpc) is 2.87. The summed E-state index contributed by atoms with van der Waals surface area (Å²) in [5.41, 5.74) is 1.56. The van der Waals surface area contributed by atoms with Gasteiger partial charge < -0.3 is 25.2 Å². The Bertz CT molecular complexity index is 1050. The van der Waals surface area contributed by atoms with Gasteiger partial charge in [-0.2, -0.15) is 0 Å². The fourth-order valence-corrected chi connectivity index (χ4v) is 4.53. The largest absolute Gasteiger partial charge is 0.508 e. The number of hydrogen-bond acceptors (Lipinski definition) is 8. The molecule has 0 bridgehead atoms. The van der Waals surface area contributed by atoms with Gasteiger partial charge in [-0.3, -0.25) is 14.4 Å². The molecule has 0 unspecified atom stereocenters. The van der Waals surface area contributed by atoms with Crippen molar-refractivity contribution in [1.29, 1.82) is 0 Å². The molecule has 2 aromatic rings. The number of methoxy groups -OCH3 is 1. The zero-order valence-electron chi connectivity index (χ0n) is 21.4. The number of aromatic hydroxyl groups is 1. The van der Waals surface area contributed by atoms with Crippen LogP contribution in [0.15, 0.2) is 54.6 Å². The van der Waals surface area contributed by atoms with Gasteiger partial charge in [0.15, 0.2) is 5.12 Å². The molecule has 10 heteroatoms. The van der Waals surface area contributed by atoms with Crippen molar-refractivity contribution in [1.82, 2.24) is 10.6 Å². The van der Waals surface area contributed by atoms with Crippen LogP contribution in [0.25, 0.3) is 0 Å². The average molecular weight is 531 g/mol. The summed E-state index contributed by atoms with van der Waals surface area (Å²) in [7, 11) is 1.22. The van der Waals surface area contributed by atoms with Gasteiger partial charge in [0.2, 0.25) is 11.8 Å². The SMILES string of the molecule is CCO[C@H](C)[C@H](NC(=O)[C@H](Cc1ccccc1)SC(C)=O)C(=O)N[C@@H](Cc1ccc(O)cc1)C(=O)OC. The summed E-state index contributed by atoms with van der Waals surface area (Å²) >= 11 is 0.889. The van der Waals surface area contributed by atoms with Crippen LogP contribution in [-0.4, -0.2) is 65.2 Å². The van der Waals surface area contributed by atoms with E-state index in [0.29, 0.717) is 18.6 Å². The zero-order valence-corrected chi connectivity index (χ0v) is 22.2. The first-order valence-corrected chi connectivity index (χ1v) is 12.8. The highest BCUT2D eigenvalue weighted by Crippen LogP contribution is 2.19. The number of hydrogen-bond donors (Lipinski definition) is 3. The Labute approximate surface area is 221 Å². The van der Waals surface area contributed by atoms with E-state index in [1.807, 2.05) is 30.3 Å². The quantitative estimate of drug-likeness (QED) is 0.337. The minimum Gasteiger partial charge on any atom is -0.508 e. The Morgan fingerprint density at radius 2 is 1.54 bits per heavy atom. The highest BCUT2D eigenvalue weighted by atomic mass is 32.2. The molecule has 0 aliphatic rings. The third-order valence-corrected chi connectivity index (χ3v) is 6.52. The van der Waals surface area contributed by atoms with Gasteiger partial charge >= 0.3 is 5.97 Å². The van der Waals surface area contributed by atoms with E-state index in [9.17, 15) is 24.3 Å². The highest BCUT2D eigenvalue weighted by molar-refractivity contribution is 8.14. The van der Waals surface area contributed by atoms with Gasteiger partial charge in [-0.15, -0.1) is 0 Å². The second-order valence-corrected chi connectivity index (χ2v) is 9.77. The lowest BCUT2D eigenvalue weighted by Crippen LogP contribution is -2.58. The number of thioether (sulfide) groups is 1. The Kier molecular flexibility index (Phi) is 12.1. The number of carbonyl (C=O) groups excluding carboxylic acids is 4. The lowest BCUT2D eigenvalue weighted by atomic mass is 10.0. The van der Waals surface area contributed by atoms with Gasteiger partial charge in [-0.05, 0) is 43.5 Å². The van der Waals surface area contributed by atoms with Crippen molar-refractivity contribution >= 4 is 34.7 Å². The molecule has 0 aliphatic carbocycles. The number of esters is 1. The van der Waals surface area contributed by atoms with Crippen molar-refractivity contribution in [2.75, 3.05) is 13.7 Å². The van der Waals surface area contributed by atoms with Crippen molar-refractivity contribution in [2.24, 2.45) is 0 Å². The molecule has 0 heterocycles. The van der Waals surface area contributed by atoms with Crippen LogP contribution in [-0.2, 0) is 41.5 Å². The molecule has 0 fully saturated rings. The van der Waals surface area contributed by atoms with E-state index in [1.165, 1.54) is 26.2 Å². The molecular weight excluding hydrogens is 496 g/mol. The molecule has 37 heavy (non-hydrogen) atoms.